The average molecular weight is 603 g/mol. The van der Waals surface area contributed by atoms with Gasteiger partial charge in [-0.1, -0.05) is 89.9 Å². The van der Waals surface area contributed by atoms with Crippen molar-refractivity contribution in [3.05, 3.63) is 0 Å². The summed E-state index contributed by atoms with van der Waals surface area (Å²) in [6.07, 6.45) is 43.7. The summed E-state index contributed by atoms with van der Waals surface area (Å²) in [6, 6.07) is 5.83. The topological polar surface area (TPSA) is 6.48 Å². The Morgan fingerprint density at radius 1 is 0.250 bits per heavy atom. The maximum Gasteiger partial charge on any atom is 0.0133 e. The van der Waals surface area contributed by atoms with Crippen molar-refractivity contribution in [3.63, 3.8) is 0 Å². The molecular formula is C42H70N2. The van der Waals surface area contributed by atoms with E-state index in [1.165, 1.54) is 64.2 Å². The molecule has 2 saturated heterocycles. The van der Waals surface area contributed by atoms with Crippen LogP contribution >= 0.6 is 0 Å². The van der Waals surface area contributed by atoms with Crippen molar-refractivity contribution in [2.24, 2.45) is 47.3 Å². The number of hydrogen-bond donors (Lipinski definition) is 0. The Labute approximate surface area is 272 Å². The van der Waals surface area contributed by atoms with Crippen LogP contribution in [0.5, 0.6) is 0 Å². The van der Waals surface area contributed by atoms with E-state index >= 15 is 0 Å². The Morgan fingerprint density at radius 3 is 1.30 bits per heavy atom. The zero-order valence-electron chi connectivity index (χ0n) is 28.8. The molecule has 2 nitrogen and oxygen atoms in total. The third-order valence-electron chi connectivity index (χ3n) is 17.1. The predicted octanol–water partition coefficient (Wildman–Crippen LogP) is 10.8. The van der Waals surface area contributed by atoms with E-state index in [1.54, 1.807) is 116 Å². The standard InChI is InChI=1S/C42H70N2/c1-3-12-29(13-4-1)30-14-11-17-34(26-30)44-40-21-10-8-19-36(40)38-28-32(23-25-42(38)44)31-22-24-41-37(27-31)35-18-7-9-20-39(35)43(41)33-15-5-2-6-16-33/h29-42H,1-28H2. The van der Waals surface area contributed by atoms with Crippen LogP contribution in [-0.2, 0) is 0 Å². The lowest BCUT2D eigenvalue weighted by atomic mass is 9.62. The first-order valence-electron chi connectivity index (χ1n) is 21.4. The molecule has 7 saturated carbocycles. The fourth-order valence-electron chi connectivity index (χ4n) is 15.4. The molecule has 0 aromatic rings. The van der Waals surface area contributed by atoms with Crippen LogP contribution in [0.3, 0.4) is 0 Å². The van der Waals surface area contributed by atoms with Gasteiger partial charge >= 0.3 is 0 Å². The number of fused-ring (bicyclic) bond motifs is 6. The van der Waals surface area contributed by atoms with Crippen molar-refractivity contribution in [1.29, 1.82) is 0 Å². The summed E-state index contributed by atoms with van der Waals surface area (Å²) in [6.45, 7) is 0. The molecule has 0 amide bonds. The fourth-order valence-corrected chi connectivity index (χ4v) is 15.4. The van der Waals surface area contributed by atoms with Gasteiger partial charge in [0.05, 0.1) is 0 Å². The van der Waals surface area contributed by atoms with Crippen molar-refractivity contribution in [3.8, 4) is 0 Å². The van der Waals surface area contributed by atoms with E-state index in [0.717, 1.165) is 83.6 Å². The van der Waals surface area contributed by atoms with Gasteiger partial charge in [0.25, 0.3) is 0 Å². The van der Waals surface area contributed by atoms with Crippen LogP contribution in [0.25, 0.3) is 0 Å². The zero-order chi connectivity index (χ0) is 29.0. The highest BCUT2D eigenvalue weighted by molar-refractivity contribution is 5.10. The van der Waals surface area contributed by atoms with Crippen LogP contribution in [0.15, 0.2) is 0 Å². The summed E-state index contributed by atoms with van der Waals surface area (Å²) in [4.78, 5) is 6.59. The second-order valence-corrected chi connectivity index (χ2v) is 18.8. The minimum absolute atomic E-state index is 0.954. The molecule has 248 valence electrons. The molecule has 9 rings (SSSR count). The van der Waals surface area contributed by atoms with Crippen molar-refractivity contribution >= 4 is 0 Å². The van der Waals surface area contributed by atoms with Crippen molar-refractivity contribution < 1.29 is 0 Å². The van der Waals surface area contributed by atoms with Crippen LogP contribution in [0.4, 0.5) is 0 Å². The highest BCUT2D eigenvalue weighted by Gasteiger charge is 2.57. The van der Waals surface area contributed by atoms with Gasteiger partial charge in [-0.3, -0.25) is 9.80 Å². The normalized spacial score (nSPS) is 49.6. The molecule has 2 heterocycles. The number of likely N-dealkylation sites (tertiary alicyclic amines) is 2. The lowest BCUT2D eigenvalue weighted by molar-refractivity contribution is 0.0199. The van der Waals surface area contributed by atoms with Gasteiger partial charge in [-0.05, 0) is 137 Å². The molecule has 12 atom stereocenters. The largest absolute Gasteiger partial charge is 0.294 e. The second kappa shape index (κ2) is 13.1. The lowest BCUT2D eigenvalue weighted by Crippen LogP contribution is -2.50. The third-order valence-corrected chi connectivity index (χ3v) is 17.1. The Bertz CT molecular complexity index is 949. The van der Waals surface area contributed by atoms with Gasteiger partial charge in [-0.15, -0.1) is 0 Å². The summed E-state index contributed by atoms with van der Waals surface area (Å²) in [5.74, 6) is 8.59. The van der Waals surface area contributed by atoms with E-state index in [9.17, 15) is 0 Å². The van der Waals surface area contributed by atoms with E-state index in [2.05, 4.69) is 9.80 Å². The molecule has 9 fully saturated rings. The Morgan fingerprint density at radius 2 is 0.682 bits per heavy atom. The van der Waals surface area contributed by atoms with E-state index in [-0.39, 0.29) is 0 Å². The number of nitrogens with zero attached hydrogens (tertiary/aromatic N) is 2. The maximum absolute atomic E-state index is 3.34. The quantitative estimate of drug-likeness (QED) is 0.316. The van der Waals surface area contributed by atoms with Crippen LogP contribution in [-0.4, -0.2) is 46.1 Å². The highest BCUT2D eigenvalue weighted by atomic mass is 15.3. The number of rotatable bonds is 4. The summed E-state index contributed by atoms with van der Waals surface area (Å²) >= 11 is 0. The fraction of sp³-hybridized carbons (Fsp3) is 1.00. The van der Waals surface area contributed by atoms with Gasteiger partial charge in [0.1, 0.15) is 0 Å². The molecule has 0 radical (unpaired) electrons. The SMILES string of the molecule is C1CCC(C2CCCC(N3C4CCCCC4C4CC(C5CCC6C(C5)C5CCCCC5N6C5CCCCC5)CCC43)C2)CC1. The van der Waals surface area contributed by atoms with Gasteiger partial charge in [0.2, 0.25) is 0 Å². The molecular weight excluding hydrogens is 532 g/mol. The van der Waals surface area contributed by atoms with Crippen LogP contribution in [0.2, 0.25) is 0 Å². The first kappa shape index (κ1) is 30.0. The molecule has 2 aliphatic heterocycles. The van der Waals surface area contributed by atoms with Gasteiger partial charge in [-0.2, -0.15) is 0 Å². The predicted molar refractivity (Wildman–Crippen MR) is 184 cm³/mol. The van der Waals surface area contributed by atoms with Crippen LogP contribution < -0.4 is 0 Å². The smallest absolute Gasteiger partial charge is 0.0133 e. The molecule has 9 aliphatic rings. The maximum atomic E-state index is 3.34. The van der Waals surface area contributed by atoms with Gasteiger partial charge < -0.3 is 0 Å². The minimum atomic E-state index is 0.954. The third kappa shape index (κ3) is 5.41. The van der Waals surface area contributed by atoms with E-state index in [0.29, 0.717) is 0 Å². The van der Waals surface area contributed by atoms with E-state index in [4.69, 9.17) is 0 Å². The van der Waals surface area contributed by atoms with Crippen LogP contribution in [0.1, 0.15) is 180 Å². The number of hydrogen-bond acceptors (Lipinski definition) is 2. The van der Waals surface area contributed by atoms with E-state index < -0.39 is 0 Å². The first-order valence-corrected chi connectivity index (χ1v) is 21.4. The molecule has 0 aromatic carbocycles. The van der Waals surface area contributed by atoms with Crippen molar-refractivity contribution in [1.82, 2.24) is 9.80 Å². The summed E-state index contributed by atoms with van der Waals surface area (Å²) in [7, 11) is 0. The molecule has 2 heteroatoms. The molecule has 0 aromatic heterocycles. The minimum Gasteiger partial charge on any atom is -0.294 e. The molecule has 0 N–H and O–H groups in total. The van der Waals surface area contributed by atoms with Gasteiger partial charge in [0.15, 0.2) is 0 Å². The summed E-state index contributed by atoms with van der Waals surface area (Å²) in [5, 5.41) is 0. The van der Waals surface area contributed by atoms with Crippen molar-refractivity contribution in [2.75, 3.05) is 0 Å². The Balaban J connectivity index is 0.894. The highest BCUT2D eigenvalue weighted by Crippen LogP contribution is 2.58. The zero-order valence-corrected chi connectivity index (χ0v) is 28.8. The summed E-state index contributed by atoms with van der Waals surface area (Å²) in [5.41, 5.74) is 0. The molecule has 7 aliphatic carbocycles. The van der Waals surface area contributed by atoms with E-state index in [1.807, 2.05) is 0 Å². The Kier molecular flexibility index (Phi) is 8.93. The van der Waals surface area contributed by atoms with Crippen LogP contribution in [0, 0.1) is 47.3 Å². The lowest BCUT2D eigenvalue weighted by Gasteiger charge is -2.47. The first-order chi connectivity index (χ1) is 21.8. The second-order valence-electron chi connectivity index (χ2n) is 18.8. The molecule has 0 bridgehead atoms. The average Bonchev–Trinajstić information content (AvgIpc) is 3.61. The Hall–Kier alpha value is -0.0800. The van der Waals surface area contributed by atoms with Gasteiger partial charge in [0, 0.05) is 36.3 Å². The summed E-state index contributed by atoms with van der Waals surface area (Å²) < 4.78 is 0. The molecule has 44 heavy (non-hydrogen) atoms. The van der Waals surface area contributed by atoms with Crippen molar-refractivity contribution in [2.45, 2.75) is 216 Å². The molecule has 0 spiro atoms. The van der Waals surface area contributed by atoms with Gasteiger partial charge in [-0.25, -0.2) is 0 Å². The monoisotopic (exact) mass is 603 g/mol. The molecule has 12 unspecified atom stereocenters.